The van der Waals surface area contributed by atoms with Gasteiger partial charge in [0.2, 0.25) is 0 Å². The van der Waals surface area contributed by atoms with Crippen LogP contribution in [-0.2, 0) is 0 Å². The van der Waals surface area contributed by atoms with E-state index in [1.54, 1.807) is 12.1 Å². The summed E-state index contributed by atoms with van der Waals surface area (Å²) in [6.07, 6.45) is 0. The van der Waals surface area contributed by atoms with Crippen molar-refractivity contribution in [3.63, 3.8) is 0 Å². The van der Waals surface area contributed by atoms with Gasteiger partial charge in [0.05, 0.1) is 0 Å². The fourth-order valence-electron chi connectivity index (χ4n) is 1.20. The minimum absolute atomic E-state index is 0.176. The highest BCUT2D eigenvalue weighted by molar-refractivity contribution is 5.51. The van der Waals surface area contributed by atoms with E-state index in [2.05, 4.69) is 26.1 Å². The molecule has 1 rings (SSSR count). The zero-order valence-corrected chi connectivity index (χ0v) is 9.26. The maximum atomic E-state index is 12.8. The second-order valence-electron chi connectivity index (χ2n) is 4.14. The molecular weight excluding hydrogens is 177 g/mol. The quantitative estimate of drug-likeness (QED) is 0.777. The van der Waals surface area contributed by atoms with Gasteiger partial charge in [-0.05, 0) is 43.5 Å². The monoisotopic (exact) mass is 195 g/mol. The Morgan fingerprint density at radius 2 is 1.86 bits per heavy atom. The number of benzene rings is 1. The van der Waals surface area contributed by atoms with Crippen LogP contribution in [-0.4, -0.2) is 6.04 Å². The summed E-state index contributed by atoms with van der Waals surface area (Å²) < 4.78 is 12.8. The Hall–Kier alpha value is -1.05. The lowest BCUT2D eigenvalue weighted by Crippen LogP contribution is -2.21. The van der Waals surface area contributed by atoms with Crippen LogP contribution in [0.25, 0.3) is 0 Å². The largest absolute Gasteiger partial charge is 0.382 e. The highest BCUT2D eigenvalue weighted by Gasteiger charge is 2.08. The van der Waals surface area contributed by atoms with Crippen LogP contribution >= 0.6 is 0 Å². The summed E-state index contributed by atoms with van der Waals surface area (Å²) in [6.45, 7) is 8.37. The molecule has 0 aliphatic carbocycles. The van der Waals surface area contributed by atoms with E-state index in [1.807, 2.05) is 6.92 Å². The molecule has 1 N–H and O–H groups in total. The van der Waals surface area contributed by atoms with Gasteiger partial charge in [-0.25, -0.2) is 4.39 Å². The van der Waals surface area contributed by atoms with Crippen LogP contribution in [0.1, 0.15) is 26.3 Å². The number of aryl methyl sites for hydroxylation is 1. The number of nitrogens with one attached hydrogen (secondary N) is 1. The maximum absolute atomic E-state index is 12.8. The molecule has 0 saturated carbocycles. The molecular formula is C12H18FN. The van der Waals surface area contributed by atoms with Gasteiger partial charge in [-0.3, -0.25) is 0 Å². The van der Waals surface area contributed by atoms with Crippen molar-refractivity contribution >= 4 is 5.69 Å². The Balaban J connectivity index is 2.77. The summed E-state index contributed by atoms with van der Waals surface area (Å²) in [5.74, 6) is 0.393. The lowest BCUT2D eigenvalue weighted by Gasteiger charge is -2.20. The first-order chi connectivity index (χ1) is 6.50. The third kappa shape index (κ3) is 2.72. The molecule has 0 radical (unpaired) electrons. The van der Waals surface area contributed by atoms with Crippen molar-refractivity contribution in [2.24, 2.45) is 5.92 Å². The van der Waals surface area contributed by atoms with Crippen molar-refractivity contribution in [2.75, 3.05) is 5.32 Å². The zero-order chi connectivity index (χ0) is 10.7. The van der Waals surface area contributed by atoms with Crippen molar-refractivity contribution in [3.8, 4) is 0 Å². The standard InChI is InChI=1S/C12H18FN/c1-8(2)10(4)14-12-6-5-11(13)7-9(12)3/h5-8,10,14H,1-4H3. The van der Waals surface area contributed by atoms with Gasteiger partial charge in [-0.1, -0.05) is 13.8 Å². The van der Waals surface area contributed by atoms with Gasteiger partial charge in [-0.15, -0.1) is 0 Å². The molecule has 2 heteroatoms. The molecule has 1 atom stereocenters. The highest BCUT2D eigenvalue weighted by Crippen LogP contribution is 2.18. The summed E-state index contributed by atoms with van der Waals surface area (Å²) in [7, 11) is 0. The molecule has 0 aliphatic rings. The van der Waals surface area contributed by atoms with E-state index >= 15 is 0 Å². The zero-order valence-electron chi connectivity index (χ0n) is 9.26. The van der Waals surface area contributed by atoms with E-state index < -0.39 is 0 Å². The average molecular weight is 195 g/mol. The van der Waals surface area contributed by atoms with Crippen molar-refractivity contribution < 1.29 is 4.39 Å². The molecule has 78 valence electrons. The molecule has 1 aromatic carbocycles. The number of rotatable bonds is 3. The van der Waals surface area contributed by atoms with Crippen LogP contribution in [0.5, 0.6) is 0 Å². The summed E-state index contributed by atoms with van der Waals surface area (Å²) in [6, 6.07) is 5.24. The first-order valence-electron chi connectivity index (χ1n) is 5.03. The molecule has 1 unspecified atom stereocenters. The SMILES string of the molecule is Cc1cc(F)ccc1NC(C)C(C)C. The molecule has 0 fully saturated rings. The fraction of sp³-hybridized carbons (Fsp3) is 0.500. The Kier molecular flexibility index (Phi) is 3.50. The van der Waals surface area contributed by atoms with E-state index in [4.69, 9.17) is 0 Å². The number of anilines is 1. The van der Waals surface area contributed by atoms with E-state index in [1.165, 1.54) is 6.07 Å². The predicted octanol–water partition coefficient (Wildman–Crippen LogP) is 3.59. The molecule has 0 amide bonds. The van der Waals surface area contributed by atoms with Crippen molar-refractivity contribution in [3.05, 3.63) is 29.6 Å². The van der Waals surface area contributed by atoms with Gasteiger partial charge in [0.25, 0.3) is 0 Å². The Bertz CT molecular complexity index is 307. The second kappa shape index (κ2) is 4.45. The average Bonchev–Trinajstić information content (AvgIpc) is 2.09. The molecule has 0 aliphatic heterocycles. The third-order valence-electron chi connectivity index (χ3n) is 2.57. The first-order valence-corrected chi connectivity index (χ1v) is 5.03. The number of hydrogen-bond donors (Lipinski definition) is 1. The van der Waals surface area contributed by atoms with Gasteiger partial charge in [-0.2, -0.15) is 0 Å². The summed E-state index contributed by atoms with van der Waals surface area (Å²) in [4.78, 5) is 0. The molecule has 14 heavy (non-hydrogen) atoms. The van der Waals surface area contributed by atoms with Gasteiger partial charge >= 0.3 is 0 Å². The van der Waals surface area contributed by atoms with Crippen molar-refractivity contribution in [2.45, 2.75) is 33.7 Å². The number of halogens is 1. The third-order valence-corrected chi connectivity index (χ3v) is 2.57. The highest BCUT2D eigenvalue weighted by atomic mass is 19.1. The van der Waals surface area contributed by atoms with Gasteiger partial charge in [0, 0.05) is 11.7 Å². The van der Waals surface area contributed by atoms with E-state index in [9.17, 15) is 4.39 Å². The Morgan fingerprint density at radius 3 is 2.36 bits per heavy atom. The van der Waals surface area contributed by atoms with E-state index in [0.29, 0.717) is 12.0 Å². The molecule has 0 bridgehead atoms. The van der Waals surface area contributed by atoms with Gasteiger partial charge in [0.1, 0.15) is 5.82 Å². The predicted molar refractivity (Wildman–Crippen MR) is 59.1 cm³/mol. The van der Waals surface area contributed by atoms with E-state index in [0.717, 1.165) is 11.3 Å². The minimum Gasteiger partial charge on any atom is -0.382 e. The van der Waals surface area contributed by atoms with Crippen LogP contribution in [0.15, 0.2) is 18.2 Å². The molecule has 1 aromatic rings. The normalized spacial score (nSPS) is 13.0. The lowest BCUT2D eigenvalue weighted by molar-refractivity contribution is 0.559. The lowest BCUT2D eigenvalue weighted by atomic mass is 10.1. The number of hydrogen-bond acceptors (Lipinski definition) is 1. The van der Waals surface area contributed by atoms with Gasteiger partial charge in [0.15, 0.2) is 0 Å². The van der Waals surface area contributed by atoms with Crippen LogP contribution in [0.2, 0.25) is 0 Å². The van der Waals surface area contributed by atoms with Crippen LogP contribution in [0, 0.1) is 18.7 Å². The summed E-state index contributed by atoms with van der Waals surface area (Å²) in [5.41, 5.74) is 1.98. The van der Waals surface area contributed by atoms with Crippen molar-refractivity contribution in [1.82, 2.24) is 0 Å². The minimum atomic E-state index is -0.176. The maximum Gasteiger partial charge on any atom is 0.123 e. The second-order valence-corrected chi connectivity index (χ2v) is 4.14. The smallest absolute Gasteiger partial charge is 0.123 e. The van der Waals surface area contributed by atoms with Crippen molar-refractivity contribution in [1.29, 1.82) is 0 Å². The Labute approximate surface area is 85.3 Å². The molecule has 0 saturated heterocycles. The topological polar surface area (TPSA) is 12.0 Å². The summed E-state index contributed by atoms with van der Waals surface area (Å²) in [5, 5.41) is 3.37. The molecule has 0 spiro atoms. The van der Waals surface area contributed by atoms with Gasteiger partial charge < -0.3 is 5.32 Å². The fourth-order valence-corrected chi connectivity index (χ4v) is 1.20. The van der Waals surface area contributed by atoms with E-state index in [-0.39, 0.29) is 5.82 Å². The summed E-state index contributed by atoms with van der Waals surface area (Å²) >= 11 is 0. The van der Waals surface area contributed by atoms with Crippen LogP contribution < -0.4 is 5.32 Å². The van der Waals surface area contributed by atoms with Crippen LogP contribution in [0.3, 0.4) is 0 Å². The molecule has 0 aromatic heterocycles. The molecule has 0 heterocycles. The molecule has 1 nitrogen and oxygen atoms in total. The first kappa shape index (κ1) is 11.0. The van der Waals surface area contributed by atoms with Crippen LogP contribution in [0.4, 0.5) is 10.1 Å². The Morgan fingerprint density at radius 1 is 1.21 bits per heavy atom.